The van der Waals surface area contributed by atoms with Crippen LogP contribution in [0.25, 0.3) is 10.1 Å². The van der Waals surface area contributed by atoms with Crippen LogP contribution in [0.15, 0.2) is 24.3 Å². The van der Waals surface area contributed by atoms with Crippen molar-refractivity contribution in [3.05, 3.63) is 34.7 Å². The van der Waals surface area contributed by atoms with Crippen LogP contribution in [0, 0.1) is 0 Å². The van der Waals surface area contributed by atoms with Gasteiger partial charge in [0.25, 0.3) is 0 Å². The van der Waals surface area contributed by atoms with Crippen LogP contribution in [0.3, 0.4) is 0 Å². The van der Waals surface area contributed by atoms with Gasteiger partial charge in [-0.15, -0.1) is 23.1 Å². The van der Waals surface area contributed by atoms with Gasteiger partial charge in [0.1, 0.15) is 4.88 Å². The standard InChI is InChI=1S/C13H12O3S2/c14-13(15)12-10(7-17-8-5-16-6-8)9-3-1-2-4-11(9)18-12/h1-4,8H,5-7H2,(H,14,15). The highest BCUT2D eigenvalue weighted by Crippen LogP contribution is 2.35. The van der Waals surface area contributed by atoms with Crippen molar-refractivity contribution >= 4 is 39.2 Å². The van der Waals surface area contributed by atoms with Gasteiger partial charge >= 0.3 is 5.97 Å². The van der Waals surface area contributed by atoms with E-state index in [2.05, 4.69) is 0 Å². The molecule has 3 nitrogen and oxygen atoms in total. The van der Waals surface area contributed by atoms with Crippen molar-refractivity contribution in [1.29, 1.82) is 0 Å². The lowest BCUT2D eigenvalue weighted by Crippen LogP contribution is -2.30. The number of hydrogen-bond acceptors (Lipinski definition) is 4. The first-order valence-electron chi connectivity index (χ1n) is 5.69. The van der Waals surface area contributed by atoms with E-state index in [0.717, 1.165) is 34.6 Å². The molecule has 0 bridgehead atoms. The van der Waals surface area contributed by atoms with Crippen LogP contribution in [0.4, 0.5) is 0 Å². The quantitative estimate of drug-likeness (QED) is 0.934. The number of carboxylic acids is 1. The lowest BCUT2D eigenvalue weighted by molar-refractivity contribution is 0.0455. The Balaban J connectivity index is 1.95. The molecular weight excluding hydrogens is 268 g/mol. The van der Waals surface area contributed by atoms with Gasteiger partial charge in [0.05, 0.1) is 18.5 Å². The molecule has 0 aliphatic carbocycles. The van der Waals surface area contributed by atoms with Gasteiger partial charge < -0.3 is 9.84 Å². The van der Waals surface area contributed by atoms with Gasteiger partial charge in [-0.1, -0.05) is 18.2 Å². The summed E-state index contributed by atoms with van der Waals surface area (Å²) < 4.78 is 6.19. The van der Waals surface area contributed by atoms with Crippen LogP contribution in [0.5, 0.6) is 0 Å². The van der Waals surface area contributed by atoms with Crippen molar-refractivity contribution in [3.8, 4) is 0 Å². The lowest BCUT2D eigenvalue weighted by Gasteiger charge is -2.25. The monoisotopic (exact) mass is 280 g/mol. The van der Waals surface area contributed by atoms with E-state index in [0.29, 0.717) is 10.1 Å². The maximum Gasteiger partial charge on any atom is 0.346 e. The summed E-state index contributed by atoms with van der Waals surface area (Å²) in [5, 5.41) is 10.9. The molecule has 1 aromatic heterocycles. The number of ether oxygens (including phenoxy) is 1. The minimum atomic E-state index is -0.823. The molecular formula is C13H12O3S2. The highest BCUT2D eigenvalue weighted by atomic mass is 32.2. The van der Waals surface area contributed by atoms with E-state index in [1.807, 2.05) is 24.3 Å². The second-order valence-corrected chi connectivity index (χ2v) is 6.52. The van der Waals surface area contributed by atoms with Crippen molar-refractivity contribution in [2.75, 3.05) is 13.2 Å². The number of carboxylic acid groups (broad SMARTS) is 1. The SMILES string of the molecule is O=C(O)c1sc2ccccc2c1CSC1COC1. The normalized spacial score (nSPS) is 15.8. The molecule has 2 aromatic rings. The van der Waals surface area contributed by atoms with Crippen molar-refractivity contribution in [2.45, 2.75) is 11.0 Å². The summed E-state index contributed by atoms with van der Waals surface area (Å²) in [6, 6.07) is 7.89. The maximum atomic E-state index is 11.3. The number of fused-ring (bicyclic) bond motifs is 1. The third kappa shape index (κ3) is 2.13. The molecule has 1 aliphatic rings. The van der Waals surface area contributed by atoms with Crippen molar-refractivity contribution < 1.29 is 14.6 Å². The number of rotatable bonds is 4. The zero-order valence-electron chi connectivity index (χ0n) is 9.59. The molecule has 2 heterocycles. The van der Waals surface area contributed by atoms with Crippen LogP contribution in [-0.2, 0) is 10.5 Å². The Kier molecular flexibility index (Phi) is 3.28. The molecule has 18 heavy (non-hydrogen) atoms. The number of carbonyl (C=O) groups is 1. The Labute approximate surface area is 113 Å². The van der Waals surface area contributed by atoms with Crippen LogP contribution < -0.4 is 0 Å². The van der Waals surface area contributed by atoms with E-state index in [-0.39, 0.29) is 0 Å². The Morgan fingerprint density at radius 2 is 2.22 bits per heavy atom. The van der Waals surface area contributed by atoms with Crippen LogP contribution in [0.1, 0.15) is 15.2 Å². The zero-order chi connectivity index (χ0) is 12.5. The third-order valence-corrected chi connectivity index (χ3v) is 5.36. The van der Waals surface area contributed by atoms with E-state index >= 15 is 0 Å². The minimum absolute atomic E-state index is 0.476. The van der Waals surface area contributed by atoms with Crippen LogP contribution >= 0.6 is 23.1 Å². The minimum Gasteiger partial charge on any atom is -0.477 e. The smallest absolute Gasteiger partial charge is 0.346 e. The van der Waals surface area contributed by atoms with Crippen LogP contribution in [0.2, 0.25) is 0 Å². The molecule has 0 spiro atoms. The summed E-state index contributed by atoms with van der Waals surface area (Å²) in [4.78, 5) is 11.8. The van der Waals surface area contributed by atoms with E-state index in [1.54, 1.807) is 11.8 Å². The summed E-state index contributed by atoms with van der Waals surface area (Å²) in [6.07, 6.45) is 0. The topological polar surface area (TPSA) is 46.5 Å². The molecule has 1 aliphatic heterocycles. The van der Waals surface area contributed by atoms with Crippen molar-refractivity contribution in [2.24, 2.45) is 0 Å². The molecule has 5 heteroatoms. The van der Waals surface area contributed by atoms with Crippen molar-refractivity contribution in [1.82, 2.24) is 0 Å². The van der Waals surface area contributed by atoms with Gasteiger partial charge in [0.2, 0.25) is 0 Å². The maximum absolute atomic E-state index is 11.3. The third-order valence-electron chi connectivity index (χ3n) is 2.96. The highest BCUT2D eigenvalue weighted by Gasteiger charge is 2.22. The molecule has 0 amide bonds. The fourth-order valence-corrected chi connectivity index (χ4v) is 4.17. The molecule has 0 unspecified atom stereocenters. The first-order chi connectivity index (χ1) is 8.75. The summed E-state index contributed by atoms with van der Waals surface area (Å²) >= 11 is 3.15. The lowest BCUT2D eigenvalue weighted by atomic mass is 10.1. The first-order valence-corrected chi connectivity index (χ1v) is 7.55. The number of thioether (sulfide) groups is 1. The molecule has 0 radical (unpaired) electrons. The number of hydrogen-bond donors (Lipinski definition) is 1. The van der Waals surface area contributed by atoms with Gasteiger partial charge in [-0.05, 0) is 17.0 Å². The Morgan fingerprint density at radius 3 is 2.89 bits per heavy atom. The predicted molar refractivity (Wildman–Crippen MR) is 74.7 cm³/mol. The van der Waals surface area contributed by atoms with E-state index < -0.39 is 5.97 Å². The molecule has 1 aromatic carbocycles. The summed E-state index contributed by atoms with van der Waals surface area (Å²) in [5.74, 6) is -0.0729. The molecule has 3 rings (SSSR count). The predicted octanol–water partition coefficient (Wildman–Crippen LogP) is 3.23. The average molecular weight is 280 g/mol. The van der Waals surface area contributed by atoms with E-state index in [1.165, 1.54) is 11.3 Å². The van der Waals surface area contributed by atoms with Crippen LogP contribution in [-0.4, -0.2) is 29.5 Å². The molecule has 0 saturated carbocycles. The number of aromatic carboxylic acids is 1. The van der Waals surface area contributed by atoms with E-state index in [4.69, 9.17) is 4.74 Å². The summed E-state index contributed by atoms with van der Waals surface area (Å²) in [7, 11) is 0. The van der Waals surface area contributed by atoms with Gasteiger partial charge in [0.15, 0.2) is 0 Å². The number of benzene rings is 1. The molecule has 1 fully saturated rings. The molecule has 1 saturated heterocycles. The highest BCUT2D eigenvalue weighted by molar-refractivity contribution is 7.99. The average Bonchev–Trinajstić information content (AvgIpc) is 2.66. The zero-order valence-corrected chi connectivity index (χ0v) is 11.2. The number of thiophene rings is 1. The fourth-order valence-electron chi connectivity index (χ4n) is 1.93. The van der Waals surface area contributed by atoms with Gasteiger partial charge in [-0.2, -0.15) is 0 Å². The Morgan fingerprint density at radius 1 is 1.44 bits per heavy atom. The fraction of sp³-hybridized carbons (Fsp3) is 0.308. The molecule has 0 atom stereocenters. The molecule has 1 N–H and O–H groups in total. The largest absolute Gasteiger partial charge is 0.477 e. The summed E-state index contributed by atoms with van der Waals surface area (Å²) in [6.45, 7) is 1.57. The van der Waals surface area contributed by atoms with Gasteiger partial charge in [-0.3, -0.25) is 0 Å². The first kappa shape index (κ1) is 12.0. The Bertz CT molecular complexity index is 587. The van der Waals surface area contributed by atoms with Crippen molar-refractivity contribution in [3.63, 3.8) is 0 Å². The van der Waals surface area contributed by atoms with Gasteiger partial charge in [0, 0.05) is 10.5 Å². The Hall–Kier alpha value is -1.04. The summed E-state index contributed by atoms with van der Waals surface area (Å²) in [5.41, 5.74) is 0.958. The second-order valence-electron chi connectivity index (χ2n) is 4.18. The van der Waals surface area contributed by atoms with E-state index in [9.17, 15) is 9.90 Å². The van der Waals surface area contributed by atoms with Gasteiger partial charge in [-0.25, -0.2) is 4.79 Å². The molecule has 94 valence electrons. The second kappa shape index (κ2) is 4.91.